The minimum absolute atomic E-state index is 0.00818. The van der Waals surface area contributed by atoms with E-state index in [1.54, 1.807) is 17.8 Å². The Bertz CT molecular complexity index is 1390. The third kappa shape index (κ3) is 4.86. The summed E-state index contributed by atoms with van der Waals surface area (Å²) in [5, 5.41) is 9.14. The number of aryl methyl sites for hydroxylation is 1. The normalized spacial score (nSPS) is 11.8. The van der Waals surface area contributed by atoms with E-state index in [4.69, 9.17) is 5.11 Å². The van der Waals surface area contributed by atoms with Crippen LogP contribution < -0.4 is 0 Å². The molecule has 0 aliphatic heterocycles. The van der Waals surface area contributed by atoms with Gasteiger partial charge in [-0.3, -0.25) is 9.78 Å². The first-order valence-electron chi connectivity index (χ1n) is 9.70. The summed E-state index contributed by atoms with van der Waals surface area (Å²) in [6, 6.07) is 3.99. The maximum absolute atomic E-state index is 14.2. The van der Waals surface area contributed by atoms with Crippen molar-refractivity contribution in [3.8, 4) is 11.1 Å². The summed E-state index contributed by atoms with van der Waals surface area (Å²) in [6.45, 7) is 0. The molecule has 176 valence electrons. The molecule has 3 aromatic heterocycles. The van der Waals surface area contributed by atoms with Gasteiger partial charge >= 0.3 is 12.1 Å². The molecule has 6 nitrogen and oxygen atoms in total. The lowest BCUT2D eigenvalue weighted by Crippen LogP contribution is -2.07. The highest BCUT2D eigenvalue weighted by molar-refractivity contribution is 7.98. The van der Waals surface area contributed by atoms with Crippen LogP contribution in [-0.4, -0.2) is 30.6 Å². The van der Waals surface area contributed by atoms with Gasteiger partial charge in [0.1, 0.15) is 22.8 Å². The van der Waals surface area contributed by atoms with Gasteiger partial charge in [-0.15, -0.1) is 0 Å². The van der Waals surface area contributed by atoms with E-state index >= 15 is 0 Å². The highest BCUT2D eigenvalue weighted by atomic mass is 32.2. The largest absolute Gasteiger partial charge is 0.481 e. The number of hydrogen-bond donors (Lipinski definition) is 1. The van der Waals surface area contributed by atoms with Gasteiger partial charge in [-0.25, -0.2) is 18.7 Å². The second-order valence-electron chi connectivity index (χ2n) is 7.36. The molecule has 0 saturated heterocycles. The van der Waals surface area contributed by atoms with Crippen molar-refractivity contribution in [3.05, 3.63) is 71.3 Å². The van der Waals surface area contributed by atoms with E-state index in [1.807, 2.05) is 0 Å². The van der Waals surface area contributed by atoms with Gasteiger partial charge in [-0.1, -0.05) is 17.8 Å². The predicted molar refractivity (Wildman–Crippen MR) is 114 cm³/mol. The lowest BCUT2D eigenvalue weighted by atomic mass is 10.1. The zero-order valence-corrected chi connectivity index (χ0v) is 18.2. The molecule has 0 unspecified atom stereocenters. The summed E-state index contributed by atoms with van der Waals surface area (Å²) < 4.78 is 68.2. The highest BCUT2D eigenvalue weighted by Gasteiger charge is 2.32. The van der Waals surface area contributed by atoms with E-state index in [0.29, 0.717) is 28.2 Å². The number of halogens is 5. The Morgan fingerprint density at radius 2 is 1.82 bits per heavy atom. The van der Waals surface area contributed by atoms with E-state index in [9.17, 15) is 26.7 Å². The Labute approximate surface area is 193 Å². The summed E-state index contributed by atoms with van der Waals surface area (Å²) >= 11 is 1.05. The number of carbonyl (C=O) groups is 1. The smallest absolute Gasteiger partial charge is 0.433 e. The van der Waals surface area contributed by atoms with E-state index in [2.05, 4.69) is 15.0 Å². The van der Waals surface area contributed by atoms with Crippen LogP contribution in [0, 0.1) is 11.6 Å². The maximum Gasteiger partial charge on any atom is 0.433 e. The van der Waals surface area contributed by atoms with Crippen LogP contribution in [0.3, 0.4) is 0 Å². The van der Waals surface area contributed by atoms with Crippen LogP contribution in [0.25, 0.3) is 22.2 Å². The van der Waals surface area contributed by atoms with Gasteiger partial charge in [0.2, 0.25) is 0 Å². The van der Waals surface area contributed by atoms with Gasteiger partial charge in [-0.05, 0) is 23.3 Å². The minimum atomic E-state index is -4.55. The summed E-state index contributed by atoms with van der Waals surface area (Å²) in [6.07, 6.45) is -0.799. The number of pyridine rings is 1. The van der Waals surface area contributed by atoms with Gasteiger partial charge in [-0.2, -0.15) is 13.2 Å². The molecule has 0 fully saturated rings. The molecule has 34 heavy (non-hydrogen) atoms. The molecule has 12 heteroatoms. The molecular weight excluding hydrogens is 479 g/mol. The van der Waals surface area contributed by atoms with E-state index in [1.165, 1.54) is 12.3 Å². The molecule has 0 saturated carbocycles. The van der Waals surface area contributed by atoms with Crippen LogP contribution in [0.15, 0.2) is 48.0 Å². The molecule has 4 aromatic rings. The Morgan fingerprint density at radius 3 is 2.47 bits per heavy atom. The third-order valence-electron chi connectivity index (χ3n) is 4.98. The fraction of sp³-hybridized carbons (Fsp3) is 0.182. The van der Waals surface area contributed by atoms with Crippen molar-refractivity contribution in [3.63, 3.8) is 0 Å². The third-order valence-corrected chi connectivity index (χ3v) is 5.89. The molecule has 3 heterocycles. The van der Waals surface area contributed by atoms with Gasteiger partial charge < -0.3 is 9.67 Å². The number of thioether (sulfide) groups is 1. The van der Waals surface area contributed by atoms with Gasteiger partial charge in [0, 0.05) is 42.4 Å². The van der Waals surface area contributed by atoms with E-state index in [0.717, 1.165) is 30.1 Å². The summed E-state index contributed by atoms with van der Waals surface area (Å²) in [5.74, 6) is -3.00. The average molecular weight is 494 g/mol. The van der Waals surface area contributed by atoms with Gasteiger partial charge in [0.05, 0.1) is 18.1 Å². The fourth-order valence-corrected chi connectivity index (χ4v) is 4.13. The van der Waals surface area contributed by atoms with E-state index in [-0.39, 0.29) is 22.0 Å². The number of aliphatic carboxylic acids is 1. The number of rotatable bonds is 6. The number of benzene rings is 1. The Morgan fingerprint density at radius 1 is 1.09 bits per heavy atom. The number of nitrogens with zero attached hydrogens (tertiary/aromatic N) is 4. The van der Waals surface area contributed by atoms with Gasteiger partial charge in [0.25, 0.3) is 0 Å². The van der Waals surface area contributed by atoms with E-state index < -0.39 is 35.9 Å². The zero-order valence-electron chi connectivity index (χ0n) is 17.4. The van der Waals surface area contributed by atoms with Crippen molar-refractivity contribution in [2.45, 2.75) is 23.5 Å². The SMILES string of the molecule is Cn1cc(-c2ccc(C(F)(F)F)nc2)c2nc(SCc3cc(CC(=O)O)c(F)cc3F)ncc21. The minimum Gasteiger partial charge on any atom is -0.481 e. The molecule has 1 N–H and O–H groups in total. The van der Waals surface area contributed by atoms with Crippen LogP contribution in [0.5, 0.6) is 0 Å². The molecular formula is C22H15F5N4O2S. The summed E-state index contributed by atoms with van der Waals surface area (Å²) in [4.78, 5) is 23.1. The number of carboxylic acid groups (broad SMARTS) is 1. The first-order valence-corrected chi connectivity index (χ1v) is 10.7. The first-order chi connectivity index (χ1) is 16.0. The maximum atomic E-state index is 14.2. The highest BCUT2D eigenvalue weighted by Crippen LogP contribution is 2.33. The quantitative estimate of drug-likeness (QED) is 0.224. The second-order valence-corrected chi connectivity index (χ2v) is 8.31. The molecule has 0 bridgehead atoms. The van der Waals surface area contributed by atoms with Crippen molar-refractivity contribution in [2.24, 2.45) is 7.05 Å². The first kappa shape index (κ1) is 23.6. The van der Waals surface area contributed by atoms with Crippen molar-refractivity contribution in [2.75, 3.05) is 0 Å². The number of alkyl halides is 3. The van der Waals surface area contributed by atoms with Crippen molar-refractivity contribution in [1.29, 1.82) is 0 Å². The molecule has 0 aliphatic rings. The zero-order chi connectivity index (χ0) is 24.6. The van der Waals surface area contributed by atoms with Crippen molar-refractivity contribution < 1.29 is 31.9 Å². The standard InChI is InChI=1S/C22H15F5N4O2S/c1-31-9-14(11-2-3-18(28-7-11)22(25,26)27)20-17(31)8-29-21(30-20)34-10-13-4-12(5-19(32)33)15(23)6-16(13)24/h2-4,6-9H,5,10H2,1H3,(H,32,33). The molecule has 0 radical (unpaired) electrons. The van der Waals surface area contributed by atoms with Crippen LogP contribution in [0.2, 0.25) is 0 Å². The topological polar surface area (TPSA) is 80.9 Å². The Balaban J connectivity index is 1.63. The van der Waals surface area contributed by atoms with Gasteiger partial charge in [0.15, 0.2) is 5.16 Å². The molecule has 0 aliphatic carbocycles. The number of carboxylic acids is 1. The number of fused-ring (bicyclic) bond motifs is 1. The molecule has 1 aromatic carbocycles. The lowest BCUT2D eigenvalue weighted by Gasteiger charge is -2.07. The van der Waals surface area contributed by atoms with Crippen LogP contribution in [-0.2, 0) is 30.2 Å². The average Bonchev–Trinajstić information content (AvgIpc) is 3.10. The van der Waals surface area contributed by atoms with Crippen LogP contribution in [0.4, 0.5) is 22.0 Å². The number of aromatic nitrogens is 4. The van der Waals surface area contributed by atoms with Crippen molar-refractivity contribution >= 4 is 28.8 Å². The van der Waals surface area contributed by atoms with Crippen molar-refractivity contribution in [1.82, 2.24) is 19.5 Å². The second kappa shape index (κ2) is 9.01. The van der Waals surface area contributed by atoms with Crippen LogP contribution >= 0.6 is 11.8 Å². The molecule has 0 amide bonds. The molecule has 0 spiro atoms. The molecule has 4 rings (SSSR count). The summed E-state index contributed by atoms with van der Waals surface area (Å²) in [7, 11) is 1.73. The lowest BCUT2D eigenvalue weighted by molar-refractivity contribution is -0.141. The molecule has 0 atom stereocenters. The monoisotopic (exact) mass is 494 g/mol. The Hall–Kier alpha value is -3.54. The van der Waals surface area contributed by atoms with Crippen LogP contribution in [0.1, 0.15) is 16.8 Å². The predicted octanol–water partition coefficient (Wildman–Crippen LogP) is 5.25. The Kier molecular flexibility index (Phi) is 6.26. The summed E-state index contributed by atoms with van der Waals surface area (Å²) in [5.41, 5.74) is 0.998. The number of hydrogen-bond acceptors (Lipinski definition) is 5. The fourth-order valence-electron chi connectivity index (χ4n) is 3.34.